The second-order valence-corrected chi connectivity index (χ2v) is 5.55. The quantitative estimate of drug-likeness (QED) is 0.306. The Hall–Kier alpha value is -3.09. The van der Waals surface area contributed by atoms with Gasteiger partial charge >= 0.3 is 0 Å². The summed E-state index contributed by atoms with van der Waals surface area (Å²) in [5.41, 5.74) is 13.4. The Morgan fingerprint density at radius 3 is 2.71 bits per heavy atom. The van der Waals surface area contributed by atoms with E-state index in [-0.39, 0.29) is 5.82 Å². The molecule has 0 bridgehead atoms. The average Bonchev–Trinajstić information content (AvgIpc) is 3.24. The number of nitrogens with two attached hydrogens (primary N) is 2. The highest BCUT2D eigenvalue weighted by atomic mass is 15.2. The summed E-state index contributed by atoms with van der Waals surface area (Å²) < 4.78 is 0. The molecule has 8 N–H and O–H groups in total. The standard InChI is InChI=1S/C17H23N7/c18-8-6-14(13(10-19)11-22-16-7-9-23-24-16)15(17(20)21)3-1-2-12-4-5-12/h1,3,6-12,18-19H,2,4-5,20-21H2,(H2,22,23,24)/b3-1-,13-11+,14-6+,18-8?,19-10?. The van der Waals surface area contributed by atoms with E-state index in [9.17, 15) is 0 Å². The number of rotatable bonds is 9. The summed E-state index contributed by atoms with van der Waals surface area (Å²) in [6.45, 7) is 0. The minimum Gasteiger partial charge on any atom is -0.385 e. The van der Waals surface area contributed by atoms with E-state index < -0.39 is 0 Å². The zero-order chi connectivity index (χ0) is 17.4. The van der Waals surface area contributed by atoms with Gasteiger partial charge in [-0.05, 0) is 36.8 Å². The molecule has 0 radical (unpaired) electrons. The summed E-state index contributed by atoms with van der Waals surface area (Å²) in [6, 6.07) is 1.77. The van der Waals surface area contributed by atoms with Gasteiger partial charge in [0.2, 0.25) is 0 Å². The number of anilines is 1. The molecule has 1 aromatic heterocycles. The normalized spacial score (nSPS) is 15.3. The Balaban J connectivity index is 2.25. The molecule has 1 aliphatic rings. The molecule has 0 atom stereocenters. The van der Waals surface area contributed by atoms with Crippen molar-refractivity contribution in [3.8, 4) is 0 Å². The molecule has 2 rings (SSSR count). The third kappa shape index (κ3) is 4.98. The minimum atomic E-state index is 0.155. The van der Waals surface area contributed by atoms with Crippen LogP contribution in [0.25, 0.3) is 0 Å². The molecule has 24 heavy (non-hydrogen) atoms. The lowest BCUT2D eigenvalue weighted by atomic mass is 9.97. The summed E-state index contributed by atoms with van der Waals surface area (Å²) in [5.74, 6) is 1.54. The van der Waals surface area contributed by atoms with Crippen LogP contribution in [-0.4, -0.2) is 22.6 Å². The van der Waals surface area contributed by atoms with Gasteiger partial charge in [0.25, 0.3) is 0 Å². The second-order valence-electron chi connectivity index (χ2n) is 5.55. The van der Waals surface area contributed by atoms with E-state index in [1.807, 2.05) is 12.2 Å². The molecule has 1 heterocycles. The van der Waals surface area contributed by atoms with Gasteiger partial charge in [0.15, 0.2) is 5.82 Å². The van der Waals surface area contributed by atoms with Crippen LogP contribution in [0.4, 0.5) is 5.82 Å². The number of hydrogen-bond donors (Lipinski definition) is 6. The van der Waals surface area contributed by atoms with Crippen molar-refractivity contribution in [1.82, 2.24) is 10.2 Å². The number of hydrogen-bond acceptors (Lipinski definition) is 6. The number of nitrogens with one attached hydrogen (secondary N) is 4. The fourth-order valence-electron chi connectivity index (χ4n) is 2.19. The van der Waals surface area contributed by atoms with Gasteiger partial charge < -0.3 is 27.6 Å². The van der Waals surface area contributed by atoms with Gasteiger partial charge in [0, 0.05) is 42.0 Å². The van der Waals surface area contributed by atoms with E-state index in [4.69, 9.17) is 22.3 Å². The summed E-state index contributed by atoms with van der Waals surface area (Å²) in [7, 11) is 0. The molecule has 1 saturated carbocycles. The van der Waals surface area contributed by atoms with E-state index in [1.165, 1.54) is 19.1 Å². The fraction of sp³-hybridized carbons (Fsp3) is 0.235. The number of H-pyrrole nitrogens is 1. The lowest BCUT2D eigenvalue weighted by Gasteiger charge is -2.11. The van der Waals surface area contributed by atoms with Crippen LogP contribution in [0.15, 0.2) is 59.2 Å². The van der Waals surface area contributed by atoms with Crippen LogP contribution < -0.4 is 16.8 Å². The molecule has 7 heteroatoms. The van der Waals surface area contributed by atoms with Crippen molar-refractivity contribution < 1.29 is 0 Å². The minimum absolute atomic E-state index is 0.155. The number of nitrogens with zero attached hydrogens (tertiary/aromatic N) is 1. The molecular formula is C17H23N7. The molecule has 0 unspecified atom stereocenters. The Kier molecular flexibility index (Phi) is 6.13. The Morgan fingerprint density at radius 1 is 1.38 bits per heavy atom. The first-order valence-corrected chi connectivity index (χ1v) is 7.76. The first-order valence-electron chi connectivity index (χ1n) is 7.76. The monoisotopic (exact) mass is 325 g/mol. The molecule has 7 nitrogen and oxygen atoms in total. The fourth-order valence-corrected chi connectivity index (χ4v) is 2.19. The molecule has 0 spiro atoms. The molecule has 1 aliphatic carbocycles. The van der Waals surface area contributed by atoms with Gasteiger partial charge in [-0.2, -0.15) is 5.10 Å². The smallest absolute Gasteiger partial charge is 0.151 e. The summed E-state index contributed by atoms with van der Waals surface area (Å²) >= 11 is 0. The second kappa shape index (κ2) is 8.52. The first-order chi connectivity index (χ1) is 11.7. The number of allylic oxidation sites excluding steroid dienone is 6. The summed E-state index contributed by atoms with van der Waals surface area (Å²) in [4.78, 5) is 0. The highest BCUT2D eigenvalue weighted by Gasteiger charge is 2.19. The Bertz CT molecular complexity index is 685. The maximum absolute atomic E-state index is 7.68. The zero-order valence-corrected chi connectivity index (χ0v) is 13.4. The molecule has 0 amide bonds. The van der Waals surface area contributed by atoms with Gasteiger partial charge in [-0.1, -0.05) is 12.2 Å². The van der Waals surface area contributed by atoms with Gasteiger partial charge in [-0.15, -0.1) is 0 Å². The van der Waals surface area contributed by atoms with Crippen molar-refractivity contribution in [3.63, 3.8) is 0 Å². The van der Waals surface area contributed by atoms with Gasteiger partial charge in [0.05, 0.1) is 0 Å². The van der Waals surface area contributed by atoms with E-state index in [1.54, 1.807) is 24.5 Å². The predicted molar refractivity (Wildman–Crippen MR) is 97.8 cm³/mol. The SMILES string of the molecule is N=C/C=C(C(/C=C\CC1CC1)=C(N)N)\C(C=N)=C\Nc1cc[nH]n1. The van der Waals surface area contributed by atoms with E-state index in [0.717, 1.165) is 18.6 Å². The molecule has 126 valence electrons. The van der Waals surface area contributed by atoms with Crippen LogP contribution >= 0.6 is 0 Å². The Morgan fingerprint density at radius 2 is 2.17 bits per heavy atom. The highest BCUT2D eigenvalue weighted by Crippen LogP contribution is 2.33. The summed E-state index contributed by atoms with van der Waals surface area (Å²) in [6.07, 6.45) is 14.7. The Labute approximate surface area is 141 Å². The number of aromatic amines is 1. The van der Waals surface area contributed by atoms with Gasteiger partial charge in [0.1, 0.15) is 5.82 Å². The largest absolute Gasteiger partial charge is 0.385 e. The summed E-state index contributed by atoms with van der Waals surface area (Å²) in [5, 5.41) is 24.8. The van der Waals surface area contributed by atoms with Crippen molar-refractivity contribution >= 4 is 18.2 Å². The van der Waals surface area contributed by atoms with Crippen molar-refractivity contribution in [3.05, 3.63) is 59.2 Å². The van der Waals surface area contributed by atoms with Crippen LogP contribution in [0.2, 0.25) is 0 Å². The van der Waals surface area contributed by atoms with Crippen LogP contribution in [0.5, 0.6) is 0 Å². The third-order valence-electron chi connectivity index (χ3n) is 3.64. The van der Waals surface area contributed by atoms with Gasteiger partial charge in [-0.25, -0.2) is 0 Å². The van der Waals surface area contributed by atoms with Gasteiger partial charge in [-0.3, -0.25) is 5.10 Å². The molecule has 1 fully saturated rings. The van der Waals surface area contributed by atoms with Crippen molar-refractivity contribution in [1.29, 1.82) is 10.8 Å². The molecule has 0 saturated heterocycles. The van der Waals surface area contributed by atoms with E-state index in [2.05, 4.69) is 15.5 Å². The van der Waals surface area contributed by atoms with Crippen LogP contribution in [0, 0.1) is 16.7 Å². The highest BCUT2D eigenvalue weighted by molar-refractivity contribution is 5.89. The molecular weight excluding hydrogens is 302 g/mol. The van der Waals surface area contributed by atoms with Crippen LogP contribution in [0.1, 0.15) is 19.3 Å². The van der Waals surface area contributed by atoms with Crippen molar-refractivity contribution in [2.24, 2.45) is 17.4 Å². The van der Waals surface area contributed by atoms with Crippen LogP contribution in [-0.2, 0) is 0 Å². The lowest BCUT2D eigenvalue weighted by Crippen LogP contribution is -2.14. The maximum Gasteiger partial charge on any atom is 0.151 e. The molecule has 1 aromatic rings. The van der Waals surface area contributed by atoms with Crippen LogP contribution in [0.3, 0.4) is 0 Å². The van der Waals surface area contributed by atoms with Crippen molar-refractivity contribution in [2.45, 2.75) is 19.3 Å². The van der Waals surface area contributed by atoms with E-state index in [0.29, 0.717) is 22.5 Å². The maximum atomic E-state index is 7.68. The number of aromatic nitrogens is 2. The zero-order valence-electron chi connectivity index (χ0n) is 13.4. The molecule has 0 aliphatic heterocycles. The van der Waals surface area contributed by atoms with Crippen molar-refractivity contribution in [2.75, 3.05) is 5.32 Å². The lowest BCUT2D eigenvalue weighted by molar-refractivity contribution is 0.862. The predicted octanol–water partition coefficient (Wildman–Crippen LogP) is 2.42. The third-order valence-corrected chi connectivity index (χ3v) is 3.64. The first kappa shape index (κ1) is 17.3. The van der Waals surface area contributed by atoms with E-state index >= 15 is 0 Å². The molecule has 0 aromatic carbocycles. The topological polar surface area (TPSA) is 140 Å². The average molecular weight is 325 g/mol.